The molecule has 7 heteroatoms. The number of amides is 1. The second kappa shape index (κ2) is 11.5. The molecule has 1 rings (SSSR count). The van der Waals surface area contributed by atoms with E-state index in [4.69, 9.17) is 11.6 Å². The highest BCUT2D eigenvalue weighted by molar-refractivity contribution is 14.0. The second-order valence-corrected chi connectivity index (χ2v) is 5.63. The topological polar surface area (TPSA) is 47.9 Å². The van der Waals surface area contributed by atoms with Crippen molar-refractivity contribution in [1.29, 1.82) is 0 Å². The van der Waals surface area contributed by atoms with E-state index < -0.39 is 0 Å². The van der Waals surface area contributed by atoms with Gasteiger partial charge in [-0.05, 0) is 18.6 Å². The molecule has 0 fully saturated rings. The largest absolute Gasteiger partial charge is 0.357 e. The lowest BCUT2D eigenvalue weighted by molar-refractivity contribution is -0.128. The molecule has 1 aromatic carbocycles. The molecule has 0 saturated carbocycles. The van der Waals surface area contributed by atoms with Crippen LogP contribution in [-0.4, -0.2) is 55.9 Å². The fourth-order valence-electron chi connectivity index (χ4n) is 1.91. The number of benzene rings is 1. The van der Waals surface area contributed by atoms with Crippen LogP contribution in [0, 0.1) is 0 Å². The first kappa shape index (κ1) is 22.0. The average Bonchev–Trinajstić information content (AvgIpc) is 2.48. The number of carbonyl (C=O) groups is 1. The number of nitrogens with zero attached hydrogens (tertiary/aromatic N) is 3. The molecule has 5 nitrogen and oxygen atoms in total. The van der Waals surface area contributed by atoms with Gasteiger partial charge in [-0.1, -0.05) is 29.8 Å². The highest BCUT2D eigenvalue weighted by Gasteiger charge is 2.09. The molecular weight excluding hydrogens is 427 g/mol. The van der Waals surface area contributed by atoms with Crippen LogP contribution in [-0.2, 0) is 11.3 Å². The number of carbonyl (C=O) groups excluding carboxylic acids is 1. The predicted octanol–water partition coefficient (Wildman–Crippen LogP) is 2.83. The summed E-state index contributed by atoms with van der Waals surface area (Å²) in [6.45, 7) is 3.91. The molecule has 0 aromatic heterocycles. The summed E-state index contributed by atoms with van der Waals surface area (Å²) < 4.78 is 0. The van der Waals surface area contributed by atoms with E-state index >= 15 is 0 Å². The number of nitrogens with one attached hydrogen (secondary N) is 1. The molecule has 0 radical (unpaired) electrons. The molecule has 1 amide bonds. The zero-order valence-corrected chi connectivity index (χ0v) is 17.3. The van der Waals surface area contributed by atoms with Crippen LogP contribution in [0.15, 0.2) is 29.3 Å². The third-order valence-electron chi connectivity index (χ3n) is 3.15. The first-order valence-electron chi connectivity index (χ1n) is 7.38. The van der Waals surface area contributed by atoms with Crippen molar-refractivity contribution in [3.63, 3.8) is 0 Å². The summed E-state index contributed by atoms with van der Waals surface area (Å²) in [6.07, 6.45) is 0.405. The van der Waals surface area contributed by atoms with Crippen molar-refractivity contribution in [2.45, 2.75) is 19.9 Å². The molecule has 0 aliphatic carbocycles. The molecule has 130 valence electrons. The number of halogens is 2. The molecule has 0 spiro atoms. The Labute approximate surface area is 161 Å². The first-order valence-corrected chi connectivity index (χ1v) is 7.76. The maximum Gasteiger partial charge on any atom is 0.223 e. The van der Waals surface area contributed by atoms with Crippen molar-refractivity contribution in [3.05, 3.63) is 34.9 Å². The van der Waals surface area contributed by atoms with Crippen molar-refractivity contribution < 1.29 is 4.79 Å². The zero-order chi connectivity index (χ0) is 16.5. The van der Waals surface area contributed by atoms with E-state index in [1.807, 2.05) is 43.1 Å². The van der Waals surface area contributed by atoms with Crippen molar-refractivity contribution in [1.82, 2.24) is 15.1 Å². The lowest BCUT2D eigenvalue weighted by Gasteiger charge is -2.22. The van der Waals surface area contributed by atoms with Gasteiger partial charge >= 0.3 is 0 Å². The Balaban J connectivity index is 0.00000484. The van der Waals surface area contributed by atoms with Crippen molar-refractivity contribution in [3.8, 4) is 0 Å². The van der Waals surface area contributed by atoms with Crippen molar-refractivity contribution >= 4 is 47.4 Å². The Morgan fingerprint density at radius 2 is 1.91 bits per heavy atom. The Kier molecular flexibility index (Phi) is 11.0. The highest BCUT2D eigenvalue weighted by Crippen LogP contribution is 2.16. The van der Waals surface area contributed by atoms with E-state index in [-0.39, 0.29) is 29.9 Å². The smallest absolute Gasteiger partial charge is 0.223 e. The van der Waals surface area contributed by atoms with Crippen molar-refractivity contribution in [2.24, 2.45) is 4.99 Å². The highest BCUT2D eigenvalue weighted by atomic mass is 127. The van der Waals surface area contributed by atoms with Gasteiger partial charge in [0.1, 0.15) is 0 Å². The quantitative estimate of drug-likeness (QED) is 0.410. The predicted molar refractivity (Wildman–Crippen MR) is 108 cm³/mol. The maximum absolute atomic E-state index is 11.6. The molecule has 1 N–H and O–H groups in total. The standard InChI is InChI=1S/C16H25ClN4O.HI/c1-5-18-16(19-11-10-15(22)20(2)3)21(4)12-13-8-6-7-9-14(13)17;/h6-9H,5,10-12H2,1-4H3,(H,18,19);1H. The van der Waals surface area contributed by atoms with Gasteiger partial charge in [0, 0.05) is 45.7 Å². The fraction of sp³-hybridized carbons (Fsp3) is 0.500. The lowest BCUT2D eigenvalue weighted by Crippen LogP contribution is -2.38. The minimum atomic E-state index is 0. The Morgan fingerprint density at radius 1 is 1.26 bits per heavy atom. The lowest BCUT2D eigenvalue weighted by atomic mass is 10.2. The zero-order valence-electron chi connectivity index (χ0n) is 14.2. The van der Waals surface area contributed by atoms with Gasteiger partial charge in [-0.15, -0.1) is 24.0 Å². The van der Waals surface area contributed by atoms with Crippen LogP contribution in [0.1, 0.15) is 18.9 Å². The van der Waals surface area contributed by atoms with Crippen LogP contribution >= 0.6 is 35.6 Å². The minimum absolute atomic E-state index is 0. The van der Waals surface area contributed by atoms with E-state index in [1.165, 1.54) is 0 Å². The molecule has 0 unspecified atom stereocenters. The third kappa shape index (κ3) is 7.87. The minimum Gasteiger partial charge on any atom is -0.357 e. The van der Waals surface area contributed by atoms with E-state index in [9.17, 15) is 4.79 Å². The van der Waals surface area contributed by atoms with Crippen LogP contribution in [0.25, 0.3) is 0 Å². The van der Waals surface area contributed by atoms with Gasteiger partial charge in [0.25, 0.3) is 0 Å². The summed E-state index contributed by atoms with van der Waals surface area (Å²) in [5, 5.41) is 3.98. The van der Waals surface area contributed by atoms with Gasteiger partial charge in [-0.25, -0.2) is 0 Å². The van der Waals surface area contributed by atoms with Gasteiger partial charge in [0.15, 0.2) is 5.96 Å². The molecule has 0 aliphatic rings. The summed E-state index contributed by atoms with van der Waals surface area (Å²) >= 11 is 6.19. The number of hydrogen-bond donors (Lipinski definition) is 1. The number of aliphatic imine (C=N–C) groups is 1. The van der Waals surface area contributed by atoms with E-state index in [2.05, 4.69) is 10.3 Å². The molecule has 0 saturated heterocycles. The molecule has 0 heterocycles. The van der Waals surface area contributed by atoms with Gasteiger partial charge in [-0.3, -0.25) is 9.79 Å². The number of guanidine groups is 1. The van der Waals surface area contributed by atoms with E-state index in [1.54, 1.807) is 19.0 Å². The summed E-state index contributed by atoms with van der Waals surface area (Å²) in [5.74, 6) is 0.849. The maximum atomic E-state index is 11.6. The number of rotatable bonds is 6. The van der Waals surface area contributed by atoms with E-state index in [0.29, 0.717) is 19.5 Å². The normalized spacial score (nSPS) is 10.7. The summed E-state index contributed by atoms with van der Waals surface area (Å²) in [5.41, 5.74) is 1.04. The fourth-order valence-corrected chi connectivity index (χ4v) is 2.10. The summed E-state index contributed by atoms with van der Waals surface area (Å²) in [7, 11) is 5.46. The molecule has 0 aliphatic heterocycles. The summed E-state index contributed by atoms with van der Waals surface area (Å²) in [6, 6.07) is 7.76. The van der Waals surface area contributed by atoms with Crippen LogP contribution in [0.2, 0.25) is 5.02 Å². The van der Waals surface area contributed by atoms with Gasteiger partial charge in [0.2, 0.25) is 5.91 Å². The van der Waals surface area contributed by atoms with Gasteiger partial charge in [-0.2, -0.15) is 0 Å². The molecular formula is C16H26ClIN4O. The van der Waals surface area contributed by atoms with Crippen LogP contribution in [0.4, 0.5) is 0 Å². The number of hydrogen-bond acceptors (Lipinski definition) is 2. The monoisotopic (exact) mass is 452 g/mol. The molecule has 0 atom stereocenters. The molecule has 23 heavy (non-hydrogen) atoms. The molecule has 1 aromatic rings. The first-order chi connectivity index (χ1) is 10.5. The van der Waals surface area contributed by atoms with Crippen LogP contribution in [0.5, 0.6) is 0 Å². The van der Waals surface area contributed by atoms with Crippen molar-refractivity contribution in [2.75, 3.05) is 34.2 Å². The Morgan fingerprint density at radius 3 is 2.48 bits per heavy atom. The van der Waals surface area contributed by atoms with Crippen LogP contribution in [0.3, 0.4) is 0 Å². The van der Waals surface area contributed by atoms with E-state index in [0.717, 1.165) is 23.1 Å². The molecule has 0 bridgehead atoms. The van der Waals surface area contributed by atoms with Gasteiger partial charge in [0.05, 0.1) is 6.54 Å². The van der Waals surface area contributed by atoms with Crippen LogP contribution < -0.4 is 5.32 Å². The SMILES string of the molecule is CCNC(=NCCC(=O)N(C)C)N(C)Cc1ccccc1Cl.I. The summed E-state index contributed by atoms with van der Waals surface area (Å²) in [4.78, 5) is 19.7. The third-order valence-corrected chi connectivity index (χ3v) is 3.52. The Bertz CT molecular complexity index is 523. The second-order valence-electron chi connectivity index (χ2n) is 5.22. The Hall–Kier alpha value is -1.02. The van der Waals surface area contributed by atoms with Gasteiger partial charge < -0.3 is 15.1 Å². The average molecular weight is 453 g/mol.